The smallest absolute Gasteiger partial charge is 0.0661 e. The second-order valence-corrected chi connectivity index (χ2v) is 5.52. The first kappa shape index (κ1) is 12.7. The maximum Gasteiger partial charge on any atom is 0.0661 e. The fourth-order valence-electron chi connectivity index (χ4n) is 2.72. The number of nitrogens with one attached hydrogen (secondary N) is 1. The van der Waals surface area contributed by atoms with E-state index < -0.39 is 0 Å². The van der Waals surface area contributed by atoms with Crippen LogP contribution in [0.4, 0.5) is 5.69 Å². The van der Waals surface area contributed by atoms with Crippen LogP contribution < -0.4 is 5.32 Å². The quantitative estimate of drug-likeness (QED) is 0.858. The van der Waals surface area contributed by atoms with E-state index in [1.807, 2.05) is 24.3 Å². The zero-order valence-electron chi connectivity index (χ0n) is 10.2. The van der Waals surface area contributed by atoms with Gasteiger partial charge in [-0.2, -0.15) is 0 Å². The summed E-state index contributed by atoms with van der Waals surface area (Å²) < 4.78 is 0. The van der Waals surface area contributed by atoms with Crippen molar-refractivity contribution in [2.45, 2.75) is 38.1 Å². The van der Waals surface area contributed by atoms with Gasteiger partial charge in [0, 0.05) is 10.7 Å². The SMILES string of the molecule is CCC1CCC(CO)(Nc2ccc(Cl)cc2)C1. The van der Waals surface area contributed by atoms with E-state index in [2.05, 4.69) is 12.2 Å². The van der Waals surface area contributed by atoms with Crippen molar-refractivity contribution >= 4 is 17.3 Å². The van der Waals surface area contributed by atoms with Gasteiger partial charge in [0.05, 0.1) is 12.1 Å². The van der Waals surface area contributed by atoms with E-state index in [0.717, 1.165) is 29.5 Å². The van der Waals surface area contributed by atoms with Gasteiger partial charge in [-0.25, -0.2) is 0 Å². The van der Waals surface area contributed by atoms with Crippen LogP contribution in [-0.4, -0.2) is 17.3 Å². The van der Waals surface area contributed by atoms with Crippen LogP contribution in [0, 0.1) is 5.92 Å². The minimum absolute atomic E-state index is 0.130. The van der Waals surface area contributed by atoms with Gasteiger partial charge in [0.2, 0.25) is 0 Å². The van der Waals surface area contributed by atoms with Gasteiger partial charge in [0.1, 0.15) is 0 Å². The topological polar surface area (TPSA) is 32.3 Å². The Morgan fingerprint density at radius 2 is 2.12 bits per heavy atom. The molecule has 2 atom stereocenters. The molecule has 0 amide bonds. The Morgan fingerprint density at radius 1 is 1.41 bits per heavy atom. The molecule has 0 heterocycles. The average Bonchev–Trinajstić information content (AvgIpc) is 2.76. The third-order valence-corrected chi connectivity index (χ3v) is 4.10. The van der Waals surface area contributed by atoms with Crippen molar-refractivity contribution in [3.63, 3.8) is 0 Å². The minimum Gasteiger partial charge on any atom is -0.394 e. The molecule has 1 saturated carbocycles. The van der Waals surface area contributed by atoms with Gasteiger partial charge in [0.15, 0.2) is 0 Å². The Labute approximate surface area is 108 Å². The number of rotatable bonds is 4. The maximum absolute atomic E-state index is 9.66. The third kappa shape index (κ3) is 2.93. The monoisotopic (exact) mass is 253 g/mol. The summed E-state index contributed by atoms with van der Waals surface area (Å²) in [5.41, 5.74) is 0.911. The van der Waals surface area contributed by atoms with Crippen molar-refractivity contribution in [1.82, 2.24) is 0 Å². The number of benzene rings is 1. The molecule has 2 N–H and O–H groups in total. The molecule has 2 rings (SSSR count). The highest BCUT2D eigenvalue weighted by molar-refractivity contribution is 6.30. The van der Waals surface area contributed by atoms with E-state index in [-0.39, 0.29) is 12.1 Å². The zero-order chi connectivity index (χ0) is 12.3. The Morgan fingerprint density at radius 3 is 2.65 bits per heavy atom. The second kappa shape index (κ2) is 5.28. The first-order valence-electron chi connectivity index (χ1n) is 6.32. The van der Waals surface area contributed by atoms with E-state index in [1.54, 1.807) is 0 Å². The Bertz CT molecular complexity index is 365. The van der Waals surface area contributed by atoms with Gasteiger partial charge >= 0.3 is 0 Å². The highest BCUT2D eigenvalue weighted by Crippen LogP contribution is 2.38. The minimum atomic E-state index is -0.130. The van der Waals surface area contributed by atoms with Gasteiger partial charge in [-0.3, -0.25) is 0 Å². The molecular formula is C14H20ClNO. The molecule has 0 bridgehead atoms. The fraction of sp³-hybridized carbons (Fsp3) is 0.571. The first-order valence-corrected chi connectivity index (χ1v) is 6.70. The summed E-state index contributed by atoms with van der Waals surface area (Å²) in [6.45, 7) is 2.42. The van der Waals surface area contributed by atoms with E-state index in [1.165, 1.54) is 12.8 Å². The Balaban J connectivity index is 2.07. The molecule has 1 aromatic carbocycles. The number of aliphatic hydroxyl groups is 1. The van der Waals surface area contributed by atoms with Crippen molar-refractivity contribution in [2.24, 2.45) is 5.92 Å². The summed E-state index contributed by atoms with van der Waals surface area (Å²) in [5.74, 6) is 0.738. The molecule has 0 saturated heterocycles. The molecule has 0 radical (unpaired) electrons. The van der Waals surface area contributed by atoms with Crippen molar-refractivity contribution in [3.8, 4) is 0 Å². The predicted molar refractivity (Wildman–Crippen MR) is 72.5 cm³/mol. The van der Waals surface area contributed by atoms with Gasteiger partial charge in [-0.15, -0.1) is 0 Å². The van der Waals surface area contributed by atoms with E-state index >= 15 is 0 Å². The molecule has 0 spiro atoms. The Hall–Kier alpha value is -0.730. The summed E-state index contributed by atoms with van der Waals surface area (Å²) in [6, 6.07) is 7.69. The van der Waals surface area contributed by atoms with Crippen LogP contribution in [0.5, 0.6) is 0 Å². The number of hydrogen-bond donors (Lipinski definition) is 2. The third-order valence-electron chi connectivity index (χ3n) is 3.84. The standard InChI is InChI=1S/C14H20ClNO/c1-2-11-7-8-14(9-11,10-17)16-13-5-3-12(15)4-6-13/h3-6,11,16-17H,2,7-10H2,1H3. The number of anilines is 1. The van der Waals surface area contributed by atoms with Crippen LogP contribution in [0.2, 0.25) is 5.02 Å². The molecule has 1 aliphatic carbocycles. The Kier molecular flexibility index (Phi) is 3.95. The number of halogens is 1. The first-order chi connectivity index (χ1) is 8.17. The molecule has 2 nitrogen and oxygen atoms in total. The molecule has 17 heavy (non-hydrogen) atoms. The van der Waals surface area contributed by atoms with Gasteiger partial charge in [-0.1, -0.05) is 24.9 Å². The molecule has 1 aromatic rings. The lowest BCUT2D eigenvalue weighted by Gasteiger charge is -2.30. The lowest BCUT2D eigenvalue weighted by Crippen LogP contribution is -2.39. The number of aliphatic hydroxyl groups excluding tert-OH is 1. The fourth-order valence-corrected chi connectivity index (χ4v) is 2.85. The lowest BCUT2D eigenvalue weighted by atomic mass is 9.95. The normalized spacial score (nSPS) is 28.3. The number of hydrogen-bond acceptors (Lipinski definition) is 2. The predicted octanol–water partition coefficient (Wildman–Crippen LogP) is 3.69. The lowest BCUT2D eigenvalue weighted by molar-refractivity contribution is 0.210. The van der Waals surface area contributed by atoms with Crippen LogP contribution in [0.1, 0.15) is 32.6 Å². The van der Waals surface area contributed by atoms with Crippen LogP contribution in [0.15, 0.2) is 24.3 Å². The summed E-state index contributed by atoms with van der Waals surface area (Å²) >= 11 is 5.87. The molecule has 94 valence electrons. The van der Waals surface area contributed by atoms with Crippen LogP contribution in [-0.2, 0) is 0 Å². The van der Waals surface area contributed by atoms with E-state index in [9.17, 15) is 5.11 Å². The highest BCUT2D eigenvalue weighted by atomic mass is 35.5. The summed E-state index contributed by atoms with van der Waals surface area (Å²) in [7, 11) is 0. The maximum atomic E-state index is 9.66. The van der Waals surface area contributed by atoms with Gasteiger partial charge in [-0.05, 0) is 49.4 Å². The van der Waals surface area contributed by atoms with E-state index in [4.69, 9.17) is 11.6 Å². The van der Waals surface area contributed by atoms with E-state index in [0.29, 0.717) is 0 Å². The van der Waals surface area contributed by atoms with Crippen LogP contribution in [0.25, 0.3) is 0 Å². The molecule has 3 heteroatoms. The summed E-state index contributed by atoms with van der Waals surface area (Å²) in [4.78, 5) is 0. The molecule has 1 aliphatic rings. The van der Waals surface area contributed by atoms with Crippen molar-refractivity contribution < 1.29 is 5.11 Å². The van der Waals surface area contributed by atoms with Crippen molar-refractivity contribution in [1.29, 1.82) is 0 Å². The average molecular weight is 254 g/mol. The molecular weight excluding hydrogens is 234 g/mol. The van der Waals surface area contributed by atoms with Crippen molar-refractivity contribution in [3.05, 3.63) is 29.3 Å². The van der Waals surface area contributed by atoms with Crippen LogP contribution in [0.3, 0.4) is 0 Å². The second-order valence-electron chi connectivity index (χ2n) is 5.09. The summed E-state index contributed by atoms with van der Waals surface area (Å²) in [6.07, 6.45) is 4.51. The molecule has 0 aliphatic heterocycles. The molecule has 0 aromatic heterocycles. The van der Waals surface area contributed by atoms with Crippen LogP contribution >= 0.6 is 11.6 Å². The van der Waals surface area contributed by atoms with Crippen molar-refractivity contribution in [2.75, 3.05) is 11.9 Å². The van der Waals surface area contributed by atoms with Gasteiger partial charge in [0.25, 0.3) is 0 Å². The van der Waals surface area contributed by atoms with Gasteiger partial charge < -0.3 is 10.4 Å². The summed E-state index contributed by atoms with van der Waals surface area (Å²) in [5, 5.41) is 13.9. The molecule has 2 unspecified atom stereocenters. The zero-order valence-corrected chi connectivity index (χ0v) is 11.0. The highest BCUT2D eigenvalue weighted by Gasteiger charge is 2.37. The largest absolute Gasteiger partial charge is 0.394 e. The molecule has 1 fully saturated rings.